The van der Waals surface area contributed by atoms with Gasteiger partial charge in [0.05, 0.1) is 0 Å². The molecule has 0 aliphatic heterocycles. The fourth-order valence-electron chi connectivity index (χ4n) is 1.50. The molecule has 7 nitrogen and oxygen atoms in total. The van der Waals surface area contributed by atoms with Gasteiger partial charge in [-0.05, 0) is 0 Å². The normalized spacial score (nSPS) is 13.7. The van der Waals surface area contributed by atoms with Crippen LogP contribution < -0.4 is 11.1 Å². The standard InChI is InChI=1S/C7H14AsNO3S.C7H16AsNO2S/c1-5(13-8(2)3)7(12)9-4-6(10)11;1-7(2,12-8(3)4)5(9)6(10)11/h5H,4H2,1-3H3,(H,9,12)(H,10,11);5H,9H2,1-4H3,(H,10,11). The van der Waals surface area contributed by atoms with Crippen LogP contribution in [0, 0.1) is 0 Å². The van der Waals surface area contributed by atoms with E-state index in [0.29, 0.717) is 0 Å². The molecule has 0 radical (unpaired) electrons. The first-order valence-corrected chi connectivity index (χ1v) is 21.1. The summed E-state index contributed by atoms with van der Waals surface area (Å²) in [6.07, 6.45) is 0. The second-order valence-corrected chi connectivity index (χ2v) is 25.0. The van der Waals surface area contributed by atoms with E-state index in [9.17, 15) is 14.4 Å². The van der Waals surface area contributed by atoms with Crippen LogP contribution in [-0.4, -0.2) is 77.6 Å². The van der Waals surface area contributed by atoms with Gasteiger partial charge in [0.15, 0.2) is 0 Å². The molecular weight excluding hydrogens is 490 g/mol. The molecule has 0 saturated heterocycles. The average molecular weight is 520 g/mol. The van der Waals surface area contributed by atoms with E-state index >= 15 is 0 Å². The van der Waals surface area contributed by atoms with E-state index in [2.05, 4.69) is 28.2 Å². The van der Waals surface area contributed by atoms with Gasteiger partial charge < -0.3 is 0 Å². The molecule has 0 fully saturated rings. The van der Waals surface area contributed by atoms with Crippen LogP contribution in [0.25, 0.3) is 0 Å². The maximum atomic E-state index is 11.2. The van der Waals surface area contributed by atoms with Crippen molar-refractivity contribution >= 4 is 64.9 Å². The number of aliphatic carboxylic acids is 2. The Hall–Kier alpha value is 0.187. The van der Waals surface area contributed by atoms with Crippen molar-refractivity contribution in [2.24, 2.45) is 5.73 Å². The van der Waals surface area contributed by atoms with E-state index < -0.39 is 45.0 Å². The molecule has 0 aromatic rings. The molecule has 25 heavy (non-hydrogen) atoms. The van der Waals surface area contributed by atoms with Gasteiger partial charge in [0.2, 0.25) is 0 Å². The maximum absolute atomic E-state index is 11.2. The van der Waals surface area contributed by atoms with E-state index in [1.165, 1.54) is 0 Å². The number of carboxylic acids is 2. The molecule has 2 unspecified atom stereocenters. The van der Waals surface area contributed by atoms with Crippen molar-refractivity contribution in [2.75, 3.05) is 6.54 Å². The predicted molar refractivity (Wildman–Crippen MR) is 110 cm³/mol. The Kier molecular flexibility index (Phi) is 14.7. The van der Waals surface area contributed by atoms with Crippen LogP contribution in [0.5, 0.6) is 0 Å². The third-order valence-corrected chi connectivity index (χ3v) is 14.5. The molecule has 1 amide bonds. The summed E-state index contributed by atoms with van der Waals surface area (Å²) in [7, 11) is 3.39. The zero-order valence-corrected chi connectivity index (χ0v) is 21.2. The van der Waals surface area contributed by atoms with Crippen molar-refractivity contribution in [1.29, 1.82) is 0 Å². The minimum atomic E-state index is -1.01. The van der Waals surface area contributed by atoms with Crippen LogP contribution in [0.4, 0.5) is 0 Å². The molecule has 0 spiro atoms. The van der Waals surface area contributed by atoms with Crippen molar-refractivity contribution < 1.29 is 24.6 Å². The van der Waals surface area contributed by atoms with Crippen molar-refractivity contribution in [3.05, 3.63) is 0 Å². The number of hydrogen-bond acceptors (Lipinski definition) is 6. The van der Waals surface area contributed by atoms with Gasteiger partial charge in [0.25, 0.3) is 0 Å². The third-order valence-electron chi connectivity index (χ3n) is 2.58. The monoisotopic (exact) mass is 520 g/mol. The molecule has 0 aliphatic carbocycles. The molecule has 2 atom stereocenters. The molecule has 0 aliphatic rings. The van der Waals surface area contributed by atoms with Crippen molar-refractivity contribution in [3.63, 3.8) is 0 Å². The third kappa shape index (κ3) is 15.0. The van der Waals surface area contributed by atoms with Crippen LogP contribution in [0.3, 0.4) is 0 Å². The zero-order valence-electron chi connectivity index (χ0n) is 15.8. The summed E-state index contributed by atoms with van der Waals surface area (Å²) in [5.74, 6) is -2.10. The second-order valence-electron chi connectivity index (χ2n) is 5.99. The number of nitrogens with two attached hydrogens (primary N) is 1. The van der Waals surface area contributed by atoms with Gasteiger partial charge in [0, 0.05) is 0 Å². The van der Waals surface area contributed by atoms with Gasteiger partial charge in [-0.2, -0.15) is 0 Å². The second kappa shape index (κ2) is 13.4. The molecule has 0 bridgehead atoms. The van der Waals surface area contributed by atoms with Gasteiger partial charge >= 0.3 is 167 Å². The first-order valence-electron chi connectivity index (χ1n) is 7.39. The minimum absolute atomic E-state index is 0.130. The van der Waals surface area contributed by atoms with Crippen LogP contribution in [0.15, 0.2) is 0 Å². The molecule has 0 aromatic carbocycles. The summed E-state index contributed by atoms with van der Waals surface area (Å²) < 4.78 is -0.338. The molecule has 0 heterocycles. The van der Waals surface area contributed by atoms with Crippen molar-refractivity contribution in [3.8, 4) is 0 Å². The molecular formula is C14H30As2N2O5S2. The summed E-state index contributed by atoms with van der Waals surface area (Å²) in [4.78, 5) is 32.0. The Morgan fingerprint density at radius 2 is 1.60 bits per heavy atom. The van der Waals surface area contributed by atoms with E-state index in [4.69, 9.17) is 15.9 Å². The first-order chi connectivity index (χ1) is 11.2. The number of nitrogens with one attached hydrogen (secondary N) is 1. The first kappa shape index (κ1) is 27.4. The van der Waals surface area contributed by atoms with Crippen LogP contribution in [0.1, 0.15) is 20.8 Å². The van der Waals surface area contributed by atoms with Crippen molar-refractivity contribution in [1.82, 2.24) is 5.32 Å². The van der Waals surface area contributed by atoms with Crippen LogP contribution in [0.2, 0.25) is 22.8 Å². The Bertz CT molecular complexity index is 451. The average Bonchev–Trinajstić information content (AvgIpc) is 2.42. The van der Waals surface area contributed by atoms with E-state index in [1.54, 1.807) is 27.0 Å². The van der Waals surface area contributed by atoms with Gasteiger partial charge in [-0.15, -0.1) is 0 Å². The zero-order chi connectivity index (χ0) is 20.4. The fourth-order valence-corrected chi connectivity index (χ4v) is 14.7. The quantitative estimate of drug-likeness (QED) is 0.339. The number of carbonyl (C=O) groups is 3. The predicted octanol–water partition coefficient (Wildman–Crippen LogP) is 1.72. The van der Waals surface area contributed by atoms with E-state index in [1.807, 2.05) is 13.8 Å². The Morgan fingerprint density at radius 3 is 1.92 bits per heavy atom. The number of rotatable bonds is 9. The SMILES string of the molecule is CC(S[As](C)C)C(=O)NCC(=O)O.C[As](C)SC(C)(C)C(N)C(=O)O. The molecule has 0 saturated carbocycles. The molecule has 11 heteroatoms. The molecule has 148 valence electrons. The number of carboxylic acid groups (broad SMARTS) is 2. The molecule has 0 aromatic heterocycles. The molecule has 0 rings (SSSR count). The summed E-state index contributed by atoms with van der Waals surface area (Å²) in [5, 5.41) is 19.2. The summed E-state index contributed by atoms with van der Waals surface area (Å²) in [6, 6.07) is -0.765. The van der Waals surface area contributed by atoms with E-state index in [-0.39, 0.29) is 22.4 Å². The topological polar surface area (TPSA) is 130 Å². The summed E-state index contributed by atoms with van der Waals surface area (Å²) in [5.41, 5.74) is 14.2. The Morgan fingerprint density at radius 1 is 1.12 bits per heavy atom. The fraction of sp³-hybridized carbons (Fsp3) is 0.786. The van der Waals surface area contributed by atoms with Gasteiger partial charge in [-0.25, -0.2) is 0 Å². The number of carbonyl (C=O) groups excluding carboxylic acids is 1. The van der Waals surface area contributed by atoms with Crippen molar-refractivity contribution in [2.45, 2.75) is 59.7 Å². The summed E-state index contributed by atoms with van der Waals surface area (Å²) in [6.45, 7) is 5.30. The summed E-state index contributed by atoms with van der Waals surface area (Å²) >= 11 is -1.77. The van der Waals surface area contributed by atoms with Crippen LogP contribution >= 0.6 is 20.0 Å². The Balaban J connectivity index is 0. The number of amides is 1. The van der Waals surface area contributed by atoms with E-state index in [0.717, 1.165) is 0 Å². The molecule has 5 N–H and O–H groups in total. The Labute approximate surface area is 166 Å². The van der Waals surface area contributed by atoms with Gasteiger partial charge in [0.1, 0.15) is 0 Å². The van der Waals surface area contributed by atoms with Gasteiger partial charge in [-0.1, -0.05) is 0 Å². The van der Waals surface area contributed by atoms with Crippen LogP contribution in [-0.2, 0) is 14.4 Å². The number of hydrogen-bond donors (Lipinski definition) is 4. The van der Waals surface area contributed by atoms with Gasteiger partial charge in [-0.3, -0.25) is 0 Å².